The highest BCUT2D eigenvalue weighted by atomic mass is 16.2. The van der Waals surface area contributed by atoms with Crippen molar-refractivity contribution in [3.05, 3.63) is 23.8 Å². The molecule has 0 spiro atoms. The number of fused-ring (bicyclic) bond motifs is 1. The molecular weight excluding hydrogens is 200 g/mol. The summed E-state index contributed by atoms with van der Waals surface area (Å²) >= 11 is 0. The van der Waals surface area contributed by atoms with Crippen molar-refractivity contribution in [2.75, 3.05) is 23.8 Å². The molecule has 86 valence electrons. The Balaban J connectivity index is 2.50. The third-order valence-corrected chi connectivity index (χ3v) is 3.12. The van der Waals surface area contributed by atoms with Crippen LogP contribution in [0.25, 0.3) is 0 Å². The van der Waals surface area contributed by atoms with E-state index in [4.69, 9.17) is 0 Å². The number of nitrogens with one attached hydrogen (secondary N) is 1. The lowest BCUT2D eigenvalue weighted by atomic mass is 9.92. The predicted octanol–water partition coefficient (Wildman–Crippen LogP) is 2.41. The molecular formula is C13H18N2O. The van der Waals surface area contributed by atoms with Gasteiger partial charge in [0.2, 0.25) is 5.91 Å². The summed E-state index contributed by atoms with van der Waals surface area (Å²) < 4.78 is 0. The maximum atomic E-state index is 12.2. The zero-order chi connectivity index (χ0) is 11.9. The molecule has 1 aromatic carbocycles. The number of hydrogen-bond acceptors (Lipinski definition) is 2. The van der Waals surface area contributed by atoms with Gasteiger partial charge < -0.3 is 10.2 Å². The van der Waals surface area contributed by atoms with Crippen LogP contribution in [-0.4, -0.2) is 19.5 Å². The topological polar surface area (TPSA) is 32.3 Å². The fraction of sp³-hybridized carbons (Fsp3) is 0.462. The normalized spacial score (nSPS) is 18.8. The Kier molecular flexibility index (Phi) is 2.41. The van der Waals surface area contributed by atoms with Gasteiger partial charge in [0.15, 0.2) is 0 Å². The monoisotopic (exact) mass is 218 g/mol. The van der Waals surface area contributed by atoms with Crippen LogP contribution in [0.1, 0.15) is 19.4 Å². The van der Waals surface area contributed by atoms with Crippen LogP contribution in [-0.2, 0) is 4.79 Å². The van der Waals surface area contributed by atoms with Crippen molar-refractivity contribution in [1.82, 2.24) is 0 Å². The molecule has 16 heavy (non-hydrogen) atoms. The second kappa shape index (κ2) is 3.51. The highest BCUT2D eigenvalue weighted by Gasteiger charge is 2.34. The van der Waals surface area contributed by atoms with Gasteiger partial charge in [-0.1, -0.05) is 6.07 Å². The van der Waals surface area contributed by atoms with Crippen LogP contribution in [0, 0.1) is 12.3 Å². The van der Waals surface area contributed by atoms with E-state index < -0.39 is 0 Å². The smallest absolute Gasteiger partial charge is 0.234 e. The molecule has 0 atom stereocenters. The van der Waals surface area contributed by atoms with Gasteiger partial charge in [-0.25, -0.2) is 0 Å². The average Bonchev–Trinajstić information content (AvgIpc) is 2.31. The minimum atomic E-state index is -0.359. The molecule has 0 radical (unpaired) electrons. The number of carbonyl (C=O) groups excluding carboxylic acids is 1. The van der Waals surface area contributed by atoms with Crippen LogP contribution in [0.5, 0.6) is 0 Å². The van der Waals surface area contributed by atoms with Gasteiger partial charge in [0.1, 0.15) is 0 Å². The third kappa shape index (κ3) is 1.66. The molecule has 2 rings (SSSR count). The Morgan fingerprint density at radius 3 is 2.75 bits per heavy atom. The average molecular weight is 218 g/mol. The molecule has 0 saturated carbocycles. The van der Waals surface area contributed by atoms with E-state index in [1.165, 1.54) is 5.56 Å². The number of benzene rings is 1. The second-order valence-corrected chi connectivity index (χ2v) is 5.12. The predicted molar refractivity (Wildman–Crippen MR) is 66.9 cm³/mol. The fourth-order valence-electron chi connectivity index (χ4n) is 2.04. The number of amides is 1. The van der Waals surface area contributed by atoms with E-state index in [0.717, 1.165) is 11.4 Å². The largest absolute Gasteiger partial charge is 0.382 e. The Labute approximate surface area is 96.5 Å². The molecule has 1 aliphatic heterocycles. The van der Waals surface area contributed by atoms with Gasteiger partial charge in [-0.05, 0) is 38.5 Å². The molecule has 0 saturated heterocycles. The first kappa shape index (κ1) is 11.0. The van der Waals surface area contributed by atoms with Gasteiger partial charge in [-0.15, -0.1) is 0 Å². The van der Waals surface area contributed by atoms with Gasteiger partial charge in [-0.2, -0.15) is 0 Å². The van der Waals surface area contributed by atoms with Gasteiger partial charge >= 0.3 is 0 Å². The van der Waals surface area contributed by atoms with Crippen LogP contribution in [0.15, 0.2) is 18.2 Å². The number of carbonyl (C=O) groups is 1. The highest BCUT2D eigenvalue weighted by molar-refractivity contribution is 6.01. The Bertz CT molecular complexity index is 438. The van der Waals surface area contributed by atoms with Crippen LogP contribution in [0.3, 0.4) is 0 Å². The summed E-state index contributed by atoms with van der Waals surface area (Å²) in [5.41, 5.74) is 2.84. The van der Waals surface area contributed by atoms with E-state index in [2.05, 4.69) is 18.3 Å². The first-order valence-electron chi connectivity index (χ1n) is 5.54. The summed E-state index contributed by atoms with van der Waals surface area (Å²) in [7, 11) is 1.84. The minimum absolute atomic E-state index is 0.155. The number of anilines is 2. The third-order valence-electron chi connectivity index (χ3n) is 3.12. The van der Waals surface area contributed by atoms with Gasteiger partial charge in [0, 0.05) is 13.6 Å². The Morgan fingerprint density at radius 1 is 1.38 bits per heavy atom. The molecule has 3 nitrogen and oxygen atoms in total. The van der Waals surface area contributed by atoms with Crippen molar-refractivity contribution in [1.29, 1.82) is 0 Å². The van der Waals surface area contributed by atoms with Crippen molar-refractivity contribution < 1.29 is 4.79 Å². The van der Waals surface area contributed by atoms with Crippen molar-refractivity contribution in [2.24, 2.45) is 5.41 Å². The van der Waals surface area contributed by atoms with Crippen molar-refractivity contribution >= 4 is 17.3 Å². The molecule has 3 heteroatoms. The molecule has 0 aromatic heterocycles. The maximum absolute atomic E-state index is 12.2. The summed E-state index contributed by atoms with van der Waals surface area (Å²) in [4.78, 5) is 13.9. The number of nitrogens with zero attached hydrogens (tertiary/aromatic N) is 1. The van der Waals surface area contributed by atoms with Gasteiger partial charge in [0.05, 0.1) is 16.8 Å². The van der Waals surface area contributed by atoms with E-state index in [-0.39, 0.29) is 11.3 Å². The van der Waals surface area contributed by atoms with Crippen LogP contribution >= 0.6 is 0 Å². The second-order valence-electron chi connectivity index (χ2n) is 5.12. The fourth-order valence-corrected chi connectivity index (χ4v) is 2.04. The van der Waals surface area contributed by atoms with Crippen molar-refractivity contribution in [2.45, 2.75) is 20.8 Å². The Hall–Kier alpha value is -1.51. The van der Waals surface area contributed by atoms with Gasteiger partial charge in [0.25, 0.3) is 0 Å². The minimum Gasteiger partial charge on any atom is -0.382 e. The lowest BCUT2D eigenvalue weighted by Gasteiger charge is -2.25. The first-order valence-corrected chi connectivity index (χ1v) is 5.54. The maximum Gasteiger partial charge on any atom is 0.234 e. The van der Waals surface area contributed by atoms with E-state index in [1.54, 1.807) is 4.90 Å². The molecule has 0 fully saturated rings. The molecule has 0 aliphatic carbocycles. The highest BCUT2D eigenvalue weighted by Crippen LogP contribution is 2.33. The molecule has 1 amide bonds. The summed E-state index contributed by atoms with van der Waals surface area (Å²) in [6, 6.07) is 6.11. The van der Waals surface area contributed by atoms with E-state index >= 15 is 0 Å². The quantitative estimate of drug-likeness (QED) is 0.725. The lowest BCUT2D eigenvalue weighted by molar-refractivity contribution is -0.125. The molecule has 1 N–H and O–H groups in total. The zero-order valence-electron chi connectivity index (χ0n) is 10.3. The molecule has 1 aromatic rings. The molecule has 0 bridgehead atoms. The summed E-state index contributed by atoms with van der Waals surface area (Å²) in [5, 5.41) is 3.35. The summed E-state index contributed by atoms with van der Waals surface area (Å²) in [6.07, 6.45) is 0. The standard InChI is InChI=1S/C13H18N2O/c1-9-5-6-11-10(7-9)14-8-13(2,3)12(16)15(11)4/h5-7,14H,8H2,1-4H3. The van der Waals surface area contributed by atoms with E-state index in [0.29, 0.717) is 6.54 Å². The molecule has 1 heterocycles. The summed E-state index contributed by atoms with van der Waals surface area (Å²) in [5.74, 6) is 0.155. The number of hydrogen-bond donors (Lipinski definition) is 1. The van der Waals surface area contributed by atoms with Crippen molar-refractivity contribution in [3.8, 4) is 0 Å². The Morgan fingerprint density at radius 2 is 2.06 bits per heavy atom. The van der Waals surface area contributed by atoms with E-state index in [9.17, 15) is 4.79 Å². The van der Waals surface area contributed by atoms with Crippen LogP contribution < -0.4 is 10.2 Å². The van der Waals surface area contributed by atoms with Gasteiger partial charge in [-0.3, -0.25) is 4.79 Å². The zero-order valence-corrected chi connectivity index (χ0v) is 10.3. The van der Waals surface area contributed by atoms with E-state index in [1.807, 2.05) is 33.0 Å². The number of rotatable bonds is 0. The SMILES string of the molecule is Cc1ccc2c(c1)NCC(C)(C)C(=O)N2C. The first-order chi connectivity index (χ1) is 7.42. The summed E-state index contributed by atoms with van der Waals surface area (Å²) in [6.45, 7) is 6.67. The molecule has 1 aliphatic rings. The van der Waals surface area contributed by atoms with Crippen LogP contribution in [0.4, 0.5) is 11.4 Å². The number of aryl methyl sites for hydroxylation is 1. The van der Waals surface area contributed by atoms with Crippen LogP contribution in [0.2, 0.25) is 0 Å². The molecule has 0 unspecified atom stereocenters. The van der Waals surface area contributed by atoms with Crippen molar-refractivity contribution in [3.63, 3.8) is 0 Å². The lowest BCUT2D eigenvalue weighted by Crippen LogP contribution is -2.40.